The molecule has 98 valence electrons. The molecule has 0 aromatic carbocycles. The lowest BCUT2D eigenvalue weighted by molar-refractivity contribution is 0.267. The molecule has 0 radical (unpaired) electrons. The maximum atomic E-state index is 6.16. The minimum atomic E-state index is 0.252. The minimum Gasteiger partial charge on any atom is -0.326 e. The smallest absolute Gasteiger partial charge is 0.0638 e. The fourth-order valence-corrected chi connectivity index (χ4v) is 2.00. The summed E-state index contributed by atoms with van der Waals surface area (Å²) in [6.07, 6.45) is 3.22. The molecule has 1 aromatic heterocycles. The van der Waals surface area contributed by atoms with Crippen LogP contribution in [-0.4, -0.2) is 34.3 Å². The first-order valence-electron chi connectivity index (χ1n) is 6.37. The number of aromatic nitrogens is 2. The third-order valence-electron chi connectivity index (χ3n) is 3.45. The summed E-state index contributed by atoms with van der Waals surface area (Å²) in [5.74, 6) is 0.576. The van der Waals surface area contributed by atoms with Gasteiger partial charge in [0.2, 0.25) is 0 Å². The Kier molecular flexibility index (Phi) is 5.15. The summed E-state index contributed by atoms with van der Waals surface area (Å²) in [6, 6.07) is 0.252. The summed E-state index contributed by atoms with van der Waals surface area (Å²) in [7, 11) is 4.08. The maximum Gasteiger partial charge on any atom is 0.0638 e. The van der Waals surface area contributed by atoms with Gasteiger partial charge in [-0.2, -0.15) is 5.10 Å². The van der Waals surface area contributed by atoms with Crippen molar-refractivity contribution in [3.63, 3.8) is 0 Å². The third kappa shape index (κ3) is 4.13. The topological polar surface area (TPSA) is 47.1 Å². The van der Waals surface area contributed by atoms with Gasteiger partial charge in [0.05, 0.1) is 5.69 Å². The van der Waals surface area contributed by atoms with Crippen molar-refractivity contribution in [2.24, 2.45) is 18.7 Å². The van der Waals surface area contributed by atoms with Crippen LogP contribution in [-0.2, 0) is 13.6 Å². The zero-order valence-electron chi connectivity index (χ0n) is 11.8. The van der Waals surface area contributed by atoms with Crippen molar-refractivity contribution in [2.45, 2.75) is 39.8 Å². The van der Waals surface area contributed by atoms with Gasteiger partial charge in [0.15, 0.2) is 0 Å². The molecule has 0 saturated carbocycles. The molecule has 0 bridgehead atoms. The van der Waals surface area contributed by atoms with E-state index in [0.717, 1.165) is 25.2 Å². The summed E-state index contributed by atoms with van der Waals surface area (Å²) < 4.78 is 1.87. The van der Waals surface area contributed by atoms with E-state index in [9.17, 15) is 0 Å². The van der Waals surface area contributed by atoms with Crippen LogP contribution in [0.1, 0.15) is 31.5 Å². The van der Waals surface area contributed by atoms with Crippen molar-refractivity contribution in [1.82, 2.24) is 14.7 Å². The molecule has 17 heavy (non-hydrogen) atoms. The second-order valence-corrected chi connectivity index (χ2v) is 5.16. The van der Waals surface area contributed by atoms with Crippen molar-refractivity contribution in [2.75, 3.05) is 13.6 Å². The van der Waals surface area contributed by atoms with Crippen LogP contribution in [0.2, 0.25) is 0 Å². The molecule has 0 aliphatic heterocycles. The molecule has 0 aliphatic rings. The molecule has 0 fully saturated rings. The number of aryl methyl sites for hydroxylation is 2. The zero-order chi connectivity index (χ0) is 13.0. The summed E-state index contributed by atoms with van der Waals surface area (Å²) in [5, 5.41) is 4.35. The summed E-state index contributed by atoms with van der Waals surface area (Å²) in [4.78, 5) is 2.28. The highest BCUT2D eigenvalue weighted by Crippen LogP contribution is 2.10. The third-order valence-corrected chi connectivity index (χ3v) is 3.45. The Morgan fingerprint density at radius 3 is 2.65 bits per heavy atom. The number of rotatable bonds is 6. The second-order valence-electron chi connectivity index (χ2n) is 5.16. The average Bonchev–Trinajstić information content (AvgIpc) is 2.55. The van der Waals surface area contributed by atoms with Crippen LogP contribution >= 0.6 is 0 Å². The van der Waals surface area contributed by atoms with Crippen molar-refractivity contribution in [3.05, 3.63) is 17.5 Å². The van der Waals surface area contributed by atoms with Gasteiger partial charge in [-0.15, -0.1) is 0 Å². The lowest BCUT2D eigenvalue weighted by atomic mass is 10.00. The second kappa shape index (κ2) is 6.17. The minimum absolute atomic E-state index is 0.252. The highest BCUT2D eigenvalue weighted by molar-refractivity contribution is 5.14. The van der Waals surface area contributed by atoms with Crippen molar-refractivity contribution in [3.8, 4) is 0 Å². The van der Waals surface area contributed by atoms with E-state index in [1.807, 2.05) is 11.7 Å². The highest BCUT2D eigenvalue weighted by atomic mass is 15.3. The monoisotopic (exact) mass is 238 g/mol. The first kappa shape index (κ1) is 14.2. The Bertz CT molecular complexity index is 345. The van der Waals surface area contributed by atoms with Crippen molar-refractivity contribution in [1.29, 1.82) is 0 Å². The molecule has 1 aromatic rings. The van der Waals surface area contributed by atoms with Gasteiger partial charge in [-0.05, 0) is 19.9 Å². The Morgan fingerprint density at radius 1 is 1.53 bits per heavy atom. The van der Waals surface area contributed by atoms with Crippen LogP contribution in [0.25, 0.3) is 0 Å². The number of likely N-dealkylation sites (N-methyl/N-ethyl adjacent to an activating group) is 1. The number of hydrogen-bond acceptors (Lipinski definition) is 3. The number of nitrogens with zero attached hydrogens (tertiary/aromatic N) is 3. The molecular formula is C13H26N4. The van der Waals surface area contributed by atoms with Crippen LogP contribution in [0.4, 0.5) is 0 Å². The molecule has 0 amide bonds. The predicted molar refractivity (Wildman–Crippen MR) is 71.7 cm³/mol. The summed E-state index contributed by atoms with van der Waals surface area (Å²) >= 11 is 0. The molecule has 2 N–H and O–H groups in total. The van der Waals surface area contributed by atoms with Crippen LogP contribution in [0.15, 0.2) is 6.20 Å². The highest BCUT2D eigenvalue weighted by Gasteiger charge is 2.14. The molecule has 2 atom stereocenters. The maximum absolute atomic E-state index is 6.16. The van der Waals surface area contributed by atoms with Crippen LogP contribution in [0.5, 0.6) is 0 Å². The largest absolute Gasteiger partial charge is 0.326 e. The van der Waals surface area contributed by atoms with E-state index in [2.05, 4.69) is 44.0 Å². The van der Waals surface area contributed by atoms with Gasteiger partial charge >= 0.3 is 0 Å². The quantitative estimate of drug-likeness (QED) is 0.817. The molecule has 4 nitrogen and oxygen atoms in total. The van der Waals surface area contributed by atoms with Gasteiger partial charge in [-0.1, -0.05) is 20.3 Å². The van der Waals surface area contributed by atoms with Crippen LogP contribution < -0.4 is 5.73 Å². The lowest BCUT2D eigenvalue weighted by Crippen LogP contribution is -2.39. The van der Waals surface area contributed by atoms with Crippen LogP contribution in [0, 0.1) is 12.8 Å². The average molecular weight is 238 g/mol. The Hall–Kier alpha value is -0.870. The molecular weight excluding hydrogens is 212 g/mol. The number of nitrogens with two attached hydrogens (primary N) is 1. The fourth-order valence-electron chi connectivity index (χ4n) is 2.00. The zero-order valence-corrected chi connectivity index (χ0v) is 11.8. The number of hydrogen-bond donors (Lipinski definition) is 1. The molecule has 1 heterocycles. The fraction of sp³-hybridized carbons (Fsp3) is 0.769. The Morgan fingerprint density at radius 2 is 2.18 bits per heavy atom. The summed E-state index contributed by atoms with van der Waals surface area (Å²) in [5.41, 5.74) is 8.55. The Labute approximate surface area is 105 Å². The Balaban J connectivity index is 2.49. The van der Waals surface area contributed by atoms with Gasteiger partial charge in [-0.3, -0.25) is 4.68 Å². The van der Waals surface area contributed by atoms with Gasteiger partial charge in [0, 0.05) is 37.9 Å². The van der Waals surface area contributed by atoms with Gasteiger partial charge in [-0.25, -0.2) is 0 Å². The first-order valence-corrected chi connectivity index (χ1v) is 6.37. The standard InChI is InChI=1S/C13H26N4/c1-6-10(2)13(14)9-16(4)7-12-8-17(5)15-11(12)3/h8,10,13H,6-7,9,14H2,1-5H3/t10-,13+/m0/s1. The van der Waals surface area contributed by atoms with E-state index in [1.54, 1.807) is 0 Å². The van der Waals surface area contributed by atoms with E-state index in [0.29, 0.717) is 5.92 Å². The van der Waals surface area contributed by atoms with E-state index >= 15 is 0 Å². The van der Waals surface area contributed by atoms with E-state index in [4.69, 9.17) is 5.73 Å². The lowest BCUT2D eigenvalue weighted by Gasteiger charge is -2.24. The first-order chi connectivity index (χ1) is 7.93. The SMILES string of the molecule is CC[C@H](C)[C@H](N)CN(C)Cc1cn(C)nc1C. The van der Waals surface area contributed by atoms with Gasteiger partial charge in [0.1, 0.15) is 0 Å². The van der Waals surface area contributed by atoms with E-state index < -0.39 is 0 Å². The molecule has 0 aliphatic carbocycles. The van der Waals surface area contributed by atoms with Crippen molar-refractivity contribution < 1.29 is 0 Å². The van der Waals surface area contributed by atoms with Crippen molar-refractivity contribution >= 4 is 0 Å². The normalized spacial score (nSPS) is 15.2. The van der Waals surface area contributed by atoms with Gasteiger partial charge < -0.3 is 10.6 Å². The molecule has 1 rings (SSSR count). The molecule has 0 spiro atoms. The van der Waals surface area contributed by atoms with E-state index in [-0.39, 0.29) is 6.04 Å². The summed E-state index contributed by atoms with van der Waals surface area (Å²) in [6.45, 7) is 8.31. The molecule has 0 unspecified atom stereocenters. The van der Waals surface area contributed by atoms with Crippen LogP contribution in [0.3, 0.4) is 0 Å². The van der Waals surface area contributed by atoms with E-state index in [1.165, 1.54) is 5.56 Å². The molecule has 4 heteroatoms. The predicted octanol–water partition coefficient (Wildman–Crippen LogP) is 1.53. The molecule has 0 saturated heterocycles. The van der Waals surface area contributed by atoms with Gasteiger partial charge in [0.25, 0.3) is 0 Å².